The van der Waals surface area contributed by atoms with Crippen LogP contribution in [0.4, 0.5) is 5.69 Å². The normalized spacial score (nSPS) is 12.8. The van der Waals surface area contributed by atoms with Gasteiger partial charge in [0.15, 0.2) is 9.84 Å². The van der Waals surface area contributed by atoms with Crippen molar-refractivity contribution in [3.63, 3.8) is 0 Å². The summed E-state index contributed by atoms with van der Waals surface area (Å²) in [6.07, 6.45) is 1.13. The van der Waals surface area contributed by atoms with Crippen LogP contribution in [0.1, 0.15) is 19.4 Å². The van der Waals surface area contributed by atoms with Gasteiger partial charge in [-0.3, -0.25) is 0 Å². The number of nitrogens with two attached hydrogens (primary N) is 2. The molecule has 0 aliphatic heterocycles. The second-order valence-corrected chi connectivity index (χ2v) is 6.23. The molecule has 15 heavy (non-hydrogen) atoms. The van der Waals surface area contributed by atoms with Gasteiger partial charge in [0.25, 0.3) is 0 Å². The lowest BCUT2D eigenvalue weighted by Crippen LogP contribution is -2.28. The molecule has 0 saturated carbocycles. The Morgan fingerprint density at radius 2 is 1.80 bits per heavy atom. The summed E-state index contributed by atoms with van der Waals surface area (Å²) in [6.45, 7) is 3.62. The first-order valence-electron chi connectivity index (χ1n) is 4.51. The topological polar surface area (TPSA) is 86.2 Å². The SMILES string of the molecule is CC(C)(N)c1ccc(N)c(S(C)(=O)=O)c1. The zero-order chi connectivity index (χ0) is 11.9. The maximum Gasteiger partial charge on any atom is 0.177 e. The number of benzene rings is 1. The number of anilines is 1. The first-order chi connectivity index (χ1) is 6.62. The predicted octanol–water partition coefficient (Wildman–Crippen LogP) is 0.866. The Labute approximate surface area is 90.2 Å². The van der Waals surface area contributed by atoms with E-state index in [0.29, 0.717) is 0 Å². The van der Waals surface area contributed by atoms with Gasteiger partial charge in [-0.2, -0.15) is 0 Å². The van der Waals surface area contributed by atoms with E-state index in [4.69, 9.17) is 11.5 Å². The second kappa shape index (κ2) is 3.50. The molecule has 5 heteroatoms. The molecule has 0 aromatic heterocycles. The van der Waals surface area contributed by atoms with Crippen molar-refractivity contribution in [2.45, 2.75) is 24.3 Å². The highest BCUT2D eigenvalue weighted by atomic mass is 32.2. The fourth-order valence-electron chi connectivity index (χ4n) is 1.26. The van der Waals surface area contributed by atoms with Gasteiger partial charge in [0.1, 0.15) is 0 Å². The van der Waals surface area contributed by atoms with Crippen molar-refractivity contribution in [3.05, 3.63) is 23.8 Å². The van der Waals surface area contributed by atoms with E-state index in [1.807, 2.05) is 13.8 Å². The van der Waals surface area contributed by atoms with Crippen molar-refractivity contribution in [2.24, 2.45) is 5.73 Å². The van der Waals surface area contributed by atoms with Crippen molar-refractivity contribution in [3.8, 4) is 0 Å². The molecule has 1 aromatic carbocycles. The quantitative estimate of drug-likeness (QED) is 0.735. The highest BCUT2D eigenvalue weighted by Crippen LogP contribution is 2.25. The molecular weight excluding hydrogens is 212 g/mol. The van der Waals surface area contributed by atoms with Gasteiger partial charge in [-0.25, -0.2) is 8.42 Å². The van der Waals surface area contributed by atoms with Crippen molar-refractivity contribution < 1.29 is 8.42 Å². The van der Waals surface area contributed by atoms with Crippen LogP contribution < -0.4 is 11.5 Å². The van der Waals surface area contributed by atoms with Crippen LogP contribution >= 0.6 is 0 Å². The fraction of sp³-hybridized carbons (Fsp3) is 0.400. The molecular formula is C10H16N2O2S. The zero-order valence-corrected chi connectivity index (χ0v) is 9.93. The van der Waals surface area contributed by atoms with Crippen molar-refractivity contribution in [1.82, 2.24) is 0 Å². The van der Waals surface area contributed by atoms with E-state index in [-0.39, 0.29) is 10.6 Å². The first-order valence-corrected chi connectivity index (χ1v) is 6.40. The molecule has 0 saturated heterocycles. The van der Waals surface area contributed by atoms with Gasteiger partial charge < -0.3 is 11.5 Å². The van der Waals surface area contributed by atoms with E-state index in [1.54, 1.807) is 12.1 Å². The first kappa shape index (κ1) is 12.0. The van der Waals surface area contributed by atoms with Crippen molar-refractivity contribution in [1.29, 1.82) is 0 Å². The summed E-state index contributed by atoms with van der Waals surface area (Å²) in [5.74, 6) is 0. The molecule has 0 aliphatic rings. The molecule has 84 valence electrons. The lowest BCUT2D eigenvalue weighted by Gasteiger charge is -2.20. The third-order valence-electron chi connectivity index (χ3n) is 2.16. The summed E-state index contributed by atoms with van der Waals surface area (Å²) >= 11 is 0. The molecule has 0 unspecified atom stereocenters. The van der Waals surface area contributed by atoms with Crippen LogP contribution in [-0.2, 0) is 15.4 Å². The third-order valence-corrected chi connectivity index (χ3v) is 3.31. The van der Waals surface area contributed by atoms with E-state index >= 15 is 0 Å². The molecule has 0 bridgehead atoms. The maximum atomic E-state index is 11.4. The Morgan fingerprint density at radius 3 is 2.20 bits per heavy atom. The van der Waals surface area contributed by atoms with Crippen LogP contribution in [0.15, 0.2) is 23.1 Å². The Balaban J connectivity index is 3.43. The van der Waals surface area contributed by atoms with Gasteiger partial charge >= 0.3 is 0 Å². The summed E-state index contributed by atoms with van der Waals surface area (Å²) in [6, 6.07) is 4.84. The largest absolute Gasteiger partial charge is 0.398 e. The third kappa shape index (κ3) is 2.70. The maximum absolute atomic E-state index is 11.4. The highest BCUT2D eigenvalue weighted by molar-refractivity contribution is 7.90. The molecule has 0 radical (unpaired) electrons. The summed E-state index contributed by atoms with van der Waals surface area (Å²) in [4.78, 5) is 0.138. The van der Waals surface area contributed by atoms with Gasteiger partial charge in [0, 0.05) is 11.8 Å². The molecule has 4 N–H and O–H groups in total. The average molecular weight is 228 g/mol. The average Bonchev–Trinajstić information content (AvgIpc) is 2.00. The summed E-state index contributed by atoms with van der Waals surface area (Å²) < 4.78 is 22.8. The molecule has 1 rings (SSSR count). The zero-order valence-electron chi connectivity index (χ0n) is 9.11. The Kier molecular flexibility index (Phi) is 2.80. The monoisotopic (exact) mass is 228 g/mol. The smallest absolute Gasteiger partial charge is 0.177 e. The standard InChI is InChI=1S/C10H16N2O2S/c1-10(2,12)7-4-5-8(11)9(6-7)15(3,13)14/h4-6H,11-12H2,1-3H3. The molecule has 0 spiro atoms. The van der Waals surface area contributed by atoms with Crippen molar-refractivity contribution >= 4 is 15.5 Å². The Bertz CT molecular complexity index is 473. The van der Waals surface area contributed by atoms with Gasteiger partial charge in [0.2, 0.25) is 0 Å². The van der Waals surface area contributed by atoms with Gasteiger partial charge in [-0.05, 0) is 31.5 Å². The minimum atomic E-state index is -3.30. The van der Waals surface area contributed by atoms with E-state index in [9.17, 15) is 8.42 Å². The van der Waals surface area contributed by atoms with Crippen LogP contribution in [-0.4, -0.2) is 14.7 Å². The molecule has 0 fully saturated rings. The summed E-state index contributed by atoms with van der Waals surface area (Å²) in [5, 5.41) is 0. The highest BCUT2D eigenvalue weighted by Gasteiger charge is 2.18. The van der Waals surface area contributed by atoms with Crippen LogP contribution in [0, 0.1) is 0 Å². The van der Waals surface area contributed by atoms with Crippen molar-refractivity contribution in [2.75, 3.05) is 12.0 Å². The lowest BCUT2D eigenvalue weighted by atomic mass is 9.96. The number of hydrogen-bond acceptors (Lipinski definition) is 4. The molecule has 0 aliphatic carbocycles. The number of nitrogen functional groups attached to an aromatic ring is 1. The van der Waals surface area contributed by atoms with E-state index < -0.39 is 15.4 Å². The minimum Gasteiger partial charge on any atom is -0.398 e. The Morgan fingerprint density at radius 1 is 1.27 bits per heavy atom. The number of hydrogen-bond donors (Lipinski definition) is 2. The molecule has 0 atom stereocenters. The van der Waals surface area contributed by atoms with E-state index in [2.05, 4.69) is 0 Å². The van der Waals surface area contributed by atoms with Gasteiger partial charge in [-0.15, -0.1) is 0 Å². The number of rotatable bonds is 2. The second-order valence-electron chi connectivity index (χ2n) is 4.25. The molecule has 0 heterocycles. The number of sulfone groups is 1. The predicted molar refractivity (Wildman–Crippen MR) is 61.2 cm³/mol. The van der Waals surface area contributed by atoms with Crippen LogP contribution in [0.3, 0.4) is 0 Å². The van der Waals surface area contributed by atoms with Gasteiger partial charge in [-0.1, -0.05) is 6.07 Å². The summed E-state index contributed by atoms with van der Waals surface area (Å²) in [5.41, 5.74) is 11.9. The Hall–Kier alpha value is -1.07. The van der Waals surface area contributed by atoms with E-state index in [0.717, 1.165) is 11.8 Å². The lowest BCUT2D eigenvalue weighted by molar-refractivity contribution is 0.552. The molecule has 0 amide bonds. The summed E-state index contributed by atoms with van der Waals surface area (Å²) in [7, 11) is -3.30. The van der Waals surface area contributed by atoms with Crippen LogP contribution in [0.5, 0.6) is 0 Å². The van der Waals surface area contributed by atoms with Gasteiger partial charge in [0.05, 0.1) is 10.6 Å². The van der Waals surface area contributed by atoms with E-state index in [1.165, 1.54) is 6.07 Å². The van der Waals surface area contributed by atoms with Crippen LogP contribution in [0.25, 0.3) is 0 Å². The molecule has 4 nitrogen and oxygen atoms in total. The fourth-order valence-corrected chi connectivity index (χ4v) is 2.09. The molecule has 1 aromatic rings. The minimum absolute atomic E-state index is 0.138. The van der Waals surface area contributed by atoms with Crippen LogP contribution in [0.2, 0.25) is 0 Å².